The maximum Gasteiger partial charge on any atom is 0.350 e. The van der Waals surface area contributed by atoms with Crippen LogP contribution in [-0.2, 0) is 6.54 Å². The average Bonchev–Trinajstić information content (AvgIpc) is 2.89. The monoisotopic (exact) mass is 338 g/mol. The quantitative estimate of drug-likeness (QED) is 0.734. The second-order valence-corrected chi connectivity index (χ2v) is 7.17. The molecule has 25 heavy (non-hydrogen) atoms. The molecule has 0 N–H and O–H groups in total. The van der Waals surface area contributed by atoms with Gasteiger partial charge < -0.3 is 0 Å². The highest BCUT2D eigenvalue weighted by molar-refractivity contribution is 5.41. The second kappa shape index (κ2) is 6.02. The molecule has 0 atom stereocenters. The summed E-state index contributed by atoms with van der Waals surface area (Å²) in [5, 5.41) is 4.30. The van der Waals surface area contributed by atoms with Gasteiger partial charge in [0.05, 0.1) is 0 Å². The topological polar surface area (TPSA) is 61.3 Å². The third kappa shape index (κ3) is 2.71. The van der Waals surface area contributed by atoms with Crippen LogP contribution < -0.4 is 11.2 Å². The molecule has 0 saturated heterocycles. The Bertz CT molecular complexity index is 1020. The lowest BCUT2D eigenvalue weighted by Gasteiger charge is -2.24. The molecule has 1 aromatic carbocycles. The van der Waals surface area contributed by atoms with Gasteiger partial charge in [-0.1, -0.05) is 32.4 Å². The Morgan fingerprint density at radius 1 is 1.12 bits per heavy atom. The molecule has 1 fully saturated rings. The minimum Gasteiger partial charge on any atom is -0.280 e. The van der Waals surface area contributed by atoms with Gasteiger partial charge >= 0.3 is 11.2 Å². The van der Waals surface area contributed by atoms with E-state index in [9.17, 15) is 9.59 Å². The van der Waals surface area contributed by atoms with Crippen LogP contribution in [0.25, 0.3) is 11.3 Å². The maximum absolute atomic E-state index is 12.8. The van der Waals surface area contributed by atoms with Gasteiger partial charge in [0.1, 0.15) is 0 Å². The van der Waals surface area contributed by atoms with E-state index in [0.29, 0.717) is 18.4 Å². The van der Waals surface area contributed by atoms with Crippen LogP contribution in [0.15, 0.2) is 46.2 Å². The number of hydrogen-bond acceptors (Lipinski definition) is 3. The normalized spacial score (nSPS) is 15.0. The molecule has 130 valence electrons. The first kappa shape index (κ1) is 15.9. The van der Waals surface area contributed by atoms with Crippen LogP contribution in [0.2, 0.25) is 0 Å². The standard InChI is InChI=1S/C19H22N4O2/c1-13(2)15-6-8-16(9-7-15)21-10-11-22-17(18(21)24)20-23(19(22)25)12-14-4-3-5-14/h6-11,13-14H,3-5,12H2,1-2H3. The zero-order valence-corrected chi connectivity index (χ0v) is 14.6. The van der Waals surface area contributed by atoms with Gasteiger partial charge in [-0.2, -0.15) is 0 Å². The number of nitrogens with zero attached hydrogens (tertiary/aromatic N) is 4. The van der Waals surface area contributed by atoms with Gasteiger partial charge in [0.15, 0.2) is 0 Å². The van der Waals surface area contributed by atoms with Gasteiger partial charge in [-0.05, 0) is 42.4 Å². The Labute approximate surface area is 145 Å². The molecule has 1 aliphatic carbocycles. The third-order valence-electron chi connectivity index (χ3n) is 5.14. The van der Waals surface area contributed by atoms with Crippen molar-refractivity contribution in [2.45, 2.75) is 45.6 Å². The lowest BCUT2D eigenvalue weighted by molar-refractivity contribution is 0.263. The van der Waals surface area contributed by atoms with E-state index >= 15 is 0 Å². The number of rotatable bonds is 4. The molecule has 0 radical (unpaired) electrons. The molecule has 6 heteroatoms. The highest BCUT2D eigenvalue weighted by atomic mass is 16.2. The first-order chi connectivity index (χ1) is 12.0. The first-order valence-corrected chi connectivity index (χ1v) is 8.86. The molecule has 1 aliphatic rings. The Balaban J connectivity index is 1.76. The summed E-state index contributed by atoms with van der Waals surface area (Å²) in [7, 11) is 0. The molecule has 1 saturated carbocycles. The molecule has 0 unspecified atom stereocenters. The smallest absolute Gasteiger partial charge is 0.280 e. The number of aromatic nitrogens is 4. The predicted octanol–water partition coefficient (Wildman–Crippen LogP) is 2.57. The summed E-state index contributed by atoms with van der Waals surface area (Å²) in [5.74, 6) is 0.947. The Hall–Kier alpha value is -2.63. The number of hydrogen-bond donors (Lipinski definition) is 0. The summed E-state index contributed by atoms with van der Waals surface area (Å²) < 4.78 is 4.33. The molecule has 0 aliphatic heterocycles. The molecule has 0 amide bonds. The van der Waals surface area contributed by atoms with Crippen molar-refractivity contribution in [3.05, 3.63) is 63.1 Å². The summed E-state index contributed by atoms with van der Waals surface area (Å²) in [6.45, 7) is 4.87. The summed E-state index contributed by atoms with van der Waals surface area (Å²) in [5.41, 5.74) is 1.67. The molecular weight excluding hydrogens is 316 g/mol. The van der Waals surface area contributed by atoms with Gasteiger partial charge in [0.2, 0.25) is 5.65 Å². The van der Waals surface area contributed by atoms with E-state index in [4.69, 9.17) is 0 Å². The first-order valence-electron chi connectivity index (χ1n) is 8.86. The number of fused-ring (bicyclic) bond motifs is 1. The van der Waals surface area contributed by atoms with Crippen LogP contribution in [0.4, 0.5) is 0 Å². The molecule has 2 heterocycles. The minimum absolute atomic E-state index is 0.180. The van der Waals surface area contributed by atoms with Crippen LogP contribution in [0.1, 0.15) is 44.6 Å². The van der Waals surface area contributed by atoms with Crippen molar-refractivity contribution in [2.75, 3.05) is 0 Å². The zero-order chi connectivity index (χ0) is 17.6. The van der Waals surface area contributed by atoms with E-state index in [1.807, 2.05) is 24.3 Å². The van der Waals surface area contributed by atoms with Crippen LogP contribution in [-0.4, -0.2) is 18.7 Å². The van der Waals surface area contributed by atoms with E-state index in [1.165, 1.54) is 21.1 Å². The summed E-state index contributed by atoms with van der Waals surface area (Å²) >= 11 is 0. The average molecular weight is 338 g/mol. The van der Waals surface area contributed by atoms with Gasteiger partial charge in [0, 0.05) is 24.6 Å². The van der Waals surface area contributed by atoms with Crippen molar-refractivity contribution in [1.82, 2.24) is 18.7 Å². The molecular formula is C19H22N4O2. The second-order valence-electron chi connectivity index (χ2n) is 7.17. The SMILES string of the molecule is CC(C)c1ccc(-n2ccn3c(=O)n(CC4CCC4)nc3c2=O)cc1. The van der Waals surface area contributed by atoms with Crippen LogP contribution in [0.5, 0.6) is 0 Å². The molecule has 6 nitrogen and oxygen atoms in total. The van der Waals surface area contributed by atoms with E-state index in [2.05, 4.69) is 18.9 Å². The largest absolute Gasteiger partial charge is 0.350 e. The van der Waals surface area contributed by atoms with Gasteiger partial charge in [0.25, 0.3) is 0 Å². The fraction of sp³-hybridized carbons (Fsp3) is 0.421. The summed E-state index contributed by atoms with van der Waals surface area (Å²) in [4.78, 5) is 25.2. The van der Waals surface area contributed by atoms with Crippen molar-refractivity contribution in [2.24, 2.45) is 5.92 Å². The predicted molar refractivity (Wildman–Crippen MR) is 96.5 cm³/mol. The van der Waals surface area contributed by atoms with Crippen molar-refractivity contribution in [3.63, 3.8) is 0 Å². The van der Waals surface area contributed by atoms with E-state index in [1.54, 1.807) is 17.0 Å². The van der Waals surface area contributed by atoms with Gasteiger partial charge in [-0.15, -0.1) is 5.10 Å². The summed E-state index contributed by atoms with van der Waals surface area (Å²) in [6.07, 6.45) is 6.74. The van der Waals surface area contributed by atoms with E-state index in [-0.39, 0.29) is 16.9 Å². The fourth-order valence-corrected chi connectivity index (χ4v) is 3.27. The molecule has 0 bridgehead atoms. The fourth-order valence-electron chi connectivity index (χ4n) is 3.27. The Morgan fingerprint density at radius 3 is 2.44 bits per heavy atom. The molecule has 2 aromatic heterocycles. The van der Waals surface area contributed by atoms with Crippen LogP contribution >= 0.6 is 0 Å². The lowest BCUT2D eigenvalue weighted by Crippen LogP contribution is -2.28. The zero-order valence-electron chi connectivity index (χ0n) is 14.6. The highest BCUT2D eigenvalue weighted by Crippen LogP contribution is 2.27. The number of benzene rings is 1. The van der Waals surface area contributed by atoms with Gasteiger partial charge in [-0.25, -0.2) is 13.9 Å². The van der Waals surface area contributed by atoms with Crippen molar-refractivity contribution in [1.29, 1.82) is 0 Å². The van der Waals surface area contributed by atoms with Crippen LogP contribution in [0, 0.1) is 5.92 Å². The molecule has 0 spiro atoms. The Morgan fingerprint density at radius 2 is 1.84 bits per heavy atom. The van der Waals surface area contributed by atoms with Crippen molar-refractivity contribution >= 4 is 5.65 Å². The summed E-state index contributed by atoms with van der Waals surface area (Å²) in [6, 6.07) is 7.91. The maximum atomic E-state index is 12.8. The van der Waals surface area contributed by atoms with Crippen LogP contribution in [0.3, 0.4) is 0 Å². The van der Waals surface area contributed by atoms with Crippen molar-refractivity contribution in [3.8, 4) is 5.69 Å². The lowest BCUT2D eigenvalue weighted by atomic mass is 9.86. The van der Waals surface area contributed by atoms with Gasteiger partial charge in [-0.3, -0.25) is 9.36 Å². The molecule has 3 aromatic rings. The molecule has 4 rings (SSSR count). The minimum atomic E-state index is -0.274. The third-order valence-corrected chi connectivity index (χ3v) is 5.14. The Kier molecular flexibility index (Phi) is 3.82. The van der Waals surface area contributed by atoms with Crippen molar-refractivity contribution < 1.29 is 0 Å². The van der Waals surface area contributed by atoms with E-state index < -0.39 is 0 Å². The van der Waals surface area contributed by atoms with E-state index in [0.717, 1.165) is 18.5 Å². The highest BCUT2D eigenvalue weighted by Gasteiger charge is 2.21.